The highest BCUT2D eigenvalue weighted by Gasteiger charge is 2.15. The topological polar surface area (TPSA) is 20.3 Å². The average molecular weight is 229 g/mol. The molecule has 0 spiro atoms. The van der Waals surface area contributed by atoms with E-state index in [1.165, 1.54) is 0 Å². The summed E-state index contributed by atoms with van der Waals surface area (Å²) in [5, 5.41) is 0. The standard InChI is InChI=1S/C15H19NO/c1-5-9-16(10-6-2)15(17)14-8-7-12(3)11-13(14)4/h1,7-8,11H,6,9-10H2,2-4H3. The van der Waals surface area contributed by atoms with Crippen molar-refractivity contribution in [3.05, 3.63) is 34.9 Å². The summed E-state index contributed by atoms with van der Waals surface area (Å²) in [4.78, 5) is 14.0. The Morgan fingerprint density at radius 2 is 2.12 bits per heavy atom. The lowest BCUT2D eigenvalue weighted by atomic mass is 10.0. The molecular weight excluding hydrogens is 210 g/mol. The van der Waals surface area contributed by atoms with Crippen molar-refractivity contribution in [2.45, 2.75) is 27.2 Å². The average Bonchev–Trinajstić information content (AvgIpc) is 2.28. The van der Waals surface area contributed by atoms with E-state index in [2.05, 4.69) is 5.92 Å². The number of carbonyl (C=O) groups is 1. The predicted octanol–water partition coefficient (Wildman–Crippen LogP) is 2.79. The molecule has 0 N–H and O–H groups in total. The van der Waals surface area contributed by atoms with Crippen molar-refractivity contribution in [1.29, 1.82) is 0 Å². The van der Waals surface area contributed by atoms with Crippen LogP contribution in [-0.2, 0) is 0 Å². The second kappa shape index (κ2) is 6.10. The van der Waals surface area contributed by atoms with Gasteiger partial charge in [-0.1, -0.05) is 30.5 Å². The molecule has 1 rings (SSSR count). The van der Waals surface area contributed by atoms with Crippen LogP contribution in [-0.4, -0.2) is 23.9 Å². The fourth-order valence-electron chi connectivity index (χ4n) is 1.86. The molecule has 17 heavy (non-hydrogen) atoms. The summed E-state index contributed by atoms with van der Waals surface area (Å²) in [6, 6.07) is 5.86. The normalized spacial score (nSPS) is 9.76. The molecule has 0 radical (unpaired) electrons. The number of benzene rings is 1. The maximum absolute atomic E-state index is 12.3. The Labute approximate surface area is 104 Å². The van der Waals surface area contributed by atoms with Crippen LogP contribution in [0.15, 0.2) is 18.2 Å². The zero-order chi connectivity index (χ0) is 12.8. The van der Waals surface area contributed by atoms with Gasteiger partial charge in [0.15, 0.2) is 0 Å². The Bertz CT molecular complexity index is 443. The lowest BCUT2D eigenvalue weighted by molar-refractivity contribution is 0.0776. The van der Waals surface area contributed by atoms with Gasteiger partial charge in [-0.25, -0.2) is 0 Å². The fourth-order valence-corrected chi connectivity index (χ4v) is 1.86. The molecule has 1 amide bonds. The second-order valence-electron chi connectivity index (χ2n) is 4.25. The highest BCUT2D eigenvalue weighted by molar-refractivity contribution is 5.95. The van der Waals surface area contributed by atoms with Crippen LogP contribution in [0.5, 0.6) is 0 Å². The number of carbonyl (C=O) groups excluding carboxylic acids is 1. The van der Waals surface area contributed by atoms with Crippen LogP contribution in [0, 0.1) is 26.2 Å². The molecule has 0 aliphatic heterocycles. The third-order valence-corrected chi connectivity index (χ3v) is 2.68. The van der Waals surface area contributed by atoms with Crippen LogP contribution in [0.1, 0.15) is 34.8 Å². The number of terminal acetylenes is 1. The first kappa shape index (κ1) is 13.3. The molecule has 0 heterocycles. The predicted molar refractivity (Wildman–Crippen MR) is 70.9 cm³/mol. The molecule has 0 aliphatic rings. The molecule has 1 aromatic rings. The van der Waals surface area contributed by atoms with E-state index in [4.69, 9.17) is 6.42 Å². The van der Waals surface area contributed by atoms with Gasteiger partial charge >= 0.3 is 0 Å². The first-order chi connectivity index (χ1) is 8.10. The van der Waals surface area contributed by atoms with Crippen LogP contribution in [0.4, 0.5) is 0 Å². The maximum Gasteiger partial charge on any atom is 0.254 e. The van der Waals surface area contributed by atoms with E-state index >= 15 is 0 Å². The van der Waals surface area contributed by atoms with Gasteiger partial charge in [-0.15, -0.1) is 6.42 Å². The van der Waals surface area contributed by atoms with Crippen molar-refractivity contribution in [3.8, 4) is 12.3 Å². The van der Waals surface area contributed by atoms with Gasteiger partial charge in [0.2, 0.25) is 0 Å². The minimum Gasteiger partial charge on any atom is -0.328 e. The van der Waals surface area contributed by atoms with Crippen LogP contribution in [0.2, 0.25) is 0 Å². The molecule has 0 saturated carbocycles. The van der Waals surface area contributed by atoms with Gasteiger partial charge in [0.05, 0.1) is 6.54 Å². The van der Waals surface area contributed by atoms with Crippen molar-refractivity contribution in [2.75, 3.05) is 13.1 Å². The van der Waals surface area contributed by atoms with E-state index in [1.54, 1.807) is 4.90 Å². The lowest BCUT2D eigenvalue weighted by Gasteiger charge is -2.20. The maximum atomic E-state index is 12.3. The quantitative estimate of drug-likeness (QED) is 0.727. The summed E-state index contributed by atoms with van der Waals surface area (Å²) < 4.78 is 0. The molecule has 0 unspecified atom stereocenters. The Morgan fingerprint density at radius 1 is 1.41 bits per heavy atom. The Hall–Kier alpha value is -1.75. The number of amides is 1. The highest BCUT2D eigenvalue weighted by Crippen LogP contribution is 2.13. The fraction of sp³-hybridized carbons (Fsp3) is 0.400. The van der Waals surface area contributed by atoms with Crippen molar-refractivity contribution < 1.29 is 4.79 Å². The monoisotopic (exact) mass is 229 g/mol. The molecule has 0 aliphatic carbocycles. The van der Waals surface area contributed by atoms with Crippen molar-refractivity contribution in [1.82, 2.24) is 4.90 Å². The zero-order valence-corrected chi connectivity index (χ0v) is 10.8. The summed E-state index contributed by atoms with van der Waals surface area (Å²) in [5.74, 6) is 2.57. The first-order valence-electron chi connectivity index (χ1n) is 5.90. The van der Waals surface area contributed by atoms with Crippen LogP contribution in [0.3, 0.4) is 0 Å². The Morgan fingerprint density at radius 3 is 2.65 bits per heavy atom. The molecule has 0 aromatic heterocycles. The van der Waals surface area contributed by atoms with Crippen LogP contribution >= 0.6 is 0 Å². The zero-order valence-electron chi connectivity index (χ0n) is 10.8. The summed E-state index contributed by atoms with van der Waals surface area (Å²) in [6.07, 6.45) is 6.21. The number of rotatable bonds is 4. The molecule has 0 saturated heterocycles. The van der Waals surface area contributed by atoms with E-state index in [0.29, 0.717) is 13.1 Å². The number of nitrogens with zero attached hydrogens (tertiary/aromatic N) is 1. The van der Waals surface area contributed by atoms with Crippen LogP contribution < -0.4 is 0 Å². The van der Waals surface area contributed by atoms with E-state index < -0.39 is 0 Å². The first-order valence-corrected chi connectivity index (χ1v) is 5.90. The molecule has 1 aromatic carbocycles. The summed E-state index contributed by atoms with van der Waals surface area (Å²) in [6.45, 7) is 7.10. The molecule has 0 atom stereocenters. The summed E-state index contributed by atoms with van der Waals surface area (Å²) in [7, 11) is 0. The Kier molecular flexibility index (Phi) is 4.78. The third kappa shape index (κ3) is 3.35. The van der Waals surface area contributed by atoms with E-state index in [9.17, 15) is 4.79 Å². The second-order valence-corrected chi connectivity index (χ2v) is 4.25. The van der Waals surface area contributed by atoms with Crippen molar-refractivity contribution >= 4 is 5.91 Å². The van der Waals surface area contributed by atoms with Gasteiger partial charge in [-0.05, 0) is 31.9 Å². The molecule has 0 fully saturated rings. The molecule has 90 valence electrons. The highest BCUT2D eigenvalue weighted by atomic mass is 16.2. The van der Waals surface area contributed by atoms with E-state index in [1.807, 2.05) is 39.0 Å². The van der Waals surface area contributed by atoms with Gasteiger partial charge in [0, 0.05) is 12.1 Å². The van der Waals surface area contributed by atoms with E-state index in [0.717, 1.165) is 23.1 Å². The molecular formula is C15H19NO. The number of aryl methyl sites for hydroxylation is 2. The SMILES string of the molecule is C#CCN(CCC)C(=O)c1ccc(C)cc1C. The minimum absolute atomic E-state index is 0.0299. The van der Waals surface area contributed by atoms with Gasteiger partial charge in [0.25, 0.3) is 5.91 Å². The van der Waals surface area contributed by atoms with Gasteiger partial charge in [-0.2, -0.15) is 0 Å². The number of hydrogen-bond donors (Lipinski definition) is 0. The lowest BCUT2D eigenvalue weighted by Crippen LogP contribution is -2.32. The third-order valence-electron chi connectivity index (χ3n) is 2.68. The van der Waals surface area contributed by atoms with Gasteiger partial charge < -0.3 is 4.90 Å². The van der Waals surface area contributed by atoms with Crippen LogP contribution in [0.25, 0.3) is 0 Å². The Balaban J connectivity index is 2.97. The summed E-state index contributed by atoms with van der Waals surface area (Å²) >= 11 is 0. The smallest absolute Gasteiger partial charge is 0.254 e. The molecule has 0 bridgehead atoms. The van der Waals surface area contributed by atoms with E-state index in [-0.39, 0.29) is 5.91 Å². The minimum atomic E-state index is 0.0299. The number of hydrogen-bond acceptors (Lipinski definition) is 1. The largest absolute Gasteiger partial charge is 0.328 e. The van der Waals surface area contributed by atoms with Crippen molar-refractivity contribution in [2.24, 2.45) is 0 Å². The molecule has 2 heteroatoms. The van der Waals surface area contributed by atoms with Gasteiger partial charge in [-0.3, -0.25) is 4.79 Å². The van der Waals surface area contributed by atoms with Crippen molar-refractivity contribution in [3.63, 3.8) is 0 Å². The molecule has 2 nitrogen and oxygen atoms in total. The van der Waals surface area contributed by atoms with Gasteiger partial charge in [0.1, 0.15) is 0 Å². The summed E-state index contributed by atoms with van der Waals surface area (Å²) in [5.41, 5.74) is 2.92.